The average molecular weight is 397 g/mol. The first-order valence-electron chi connectivity index (χ1n) is 9.88. The Balaban J connectivity index is 1.50. The Morgan fingerprint density at radius 1 is 1.21 bits per heavy atom. The van der Waals surface area contributed by atoms with Crippen LogP contribution in [0.25, 0.3) is 11.1 Å². The molecule has 2 heterocycles. The van der Waals surface area contributed by atoms with Crippen molar-refractivity contribution in [3.63, 3.8) is 0 Å². The van der Waals surface area contributed by atoms with Gasteiger partial charge in [0.2, 0.25) is 5.91 Å². The van der Waals surface area contributed by atoms with E-state index in [0.717, 1.165) is 31.5 Å². The second-order valence-corrected chi connectivity index (χ2v) is 7.51. The van der Waals surface area contributed by atoms with Gasteiger partial charge in [-0.3, -0.25) is 14.3 Å². The van der Waals surface area contributed by atoms with Crippen LogP contribution in [0.5, 0.6) is 0 Å². The summed E-state index contributed by atoms with van der Waals surface area (Å²) in [7, 11) is 0. The minimum absolute atomic E-state index is 0.140. The number of nitrogens with zero attached hydrogens (tertiary/aromatic N) is 2. The average Bonchev–Trinajstić information content (AvgIpc) is 3.32. The van der Waals surface area contributed by atoms with Crippen molar-refractivity contribution in [2.75, 3.05) is 19.6 Å². The van der Waals surface area contributed by atoms with Crippen LogP contribution in [0.15, 0.2) is 51.7 Å². The number of likely N-dealkylation sites (tertiary alicyclic amines) is 1. The van der Waals surface area contributed by atoms with Crippen molar-refractivity contribution in [2.24, 2.45) is 0 Å². The number of aryl methyl sites for hydroxylation is 1. The summed E-state index contributed by atoms with van der Waals surface area (Å²) in [5, 5.41) is 2.88. The lowest BCUT2D eigenvalue weighted by molar-refractivity contribution is -0.121. The number of hydrogen-bond donors (Lipinski definition) is 1. The van der Waals surface area contributed by atoms with Crippen molar-refractivity contribution in [3.8, 4) is 0 Å². The van der Waals surface area contributed by atoms with Crippen LogP contribution in [0.4, 0.5) is 4.39 Å². The number of carbonyl (C=O) groups is 1. The molecule has 4 rings (SSSR count). The smallest absolute Gasteiger partial charge is 0.408 e. The highest BCUT2D eigenvalue weighted by atomic mass is 19.1. The summed E-state index contributed by atoms with van der Waals surface area (Å²) < 4.78 is 20.9. The maximum atomic E-state index is 14.4. The maximum absolute atomic E-state index is 14.4. The second-order valence-electron chi connectivity index (χ2n) is 7.51. The van der Waals surface area contributed by atoms with Gasteiger partial charge < -0.3 is 9.73 Å². The molecule has 7 heteroatoms. The highest BCUT2D eigenvalue weighted by Gasteiger charge is 2.26. The van der Waals surface area contributed by atoms with Crippen LogP contribution in [0, 0.1) is 12.7 Å². The number of benzene rings is 2. The lowest BCUT2D eigenvalue weighted by Gasteiger charge is -2.28. The number of rotatable bonds is 6. The minimum atomic E-state index is -0.564. The highest BCUT2D eigenvalue weighted by molar-refractivity contribution is 5.79. The van der Waals surface area contributed by atoms with Crippen LogP contribution in [-0.2, 0) is 11.3 Å². The van der Waals surface area contributed by atoms with Gasteiger partial charge in [-0.05, 0) is 56.6 Å². The molecule has 1 fully saturated rings. The van der Waals surface area contributed by atoms with E-state index in [0.29, 0.717) is 16.7 Å². The van der Waals surface area contributed by atoms with Gasteiger partial charge in [-0.1, -0.05) is 24.3 Å². The Hall–Kier alpha value is -2.93. The summed E-state index contributed by atoms with van der Waals surface area (Å²) in [5.41, 5.74) is 2.60. The Kier molecular flexibility index (Phi) is 5.49. The maximum Gasteiger partial charge on any atom is 0.420 e. The number of halogens is 1. The lowest BCUT2D eigenvalue weighted by Crippen LogP contribution is -2.39. The molecule has 3 aromatic rings. The molecule has 1 aliphatic heterocycles. The summed E-state index contributed by atoms with van der Waals surface area (Å²) >= 11 is 0. The summed E-state index contributed by atoms with van der Waals surface area (Å²) in [6.07, 6.45) is 2.13. The van der Waals surface area contributed by atoms with E-state index in [1.54, 1.807) is 18.2 Å². The Morgan fingerprint density at radius 2 is 1.97 bits per heavy atom. The van der Waals surface area contributed by atoms with E-state index in [-0.39, 0.29) is 30.9 Å². The van der Waals surface area contributed by atoms with E-state index in [9.17, 15) is 14.0 Å². The quantitative estimate of drug-likeness (QED) is 0.694. The summed E-state index contributed by atoms with van der Waals surface area (Å²) in [4.78, 5) is 27.0. The van der Waals surface area contributed by atoms with Crippen LogP contribution in [0.3, 0.4) is 0 Å². The number of carbonyl (C=O) groups excluding carboxylic acids is 1. The first-order valence-corrected chi connectivity index (χ1v) is 9.88. The third-order valence-corrected chi connectivity index (χ3v) is 5.46. The monoisotopic (exact) mass is 397 g/mol. The molecule has 1 amide bonds. The molecule has 1 atom stereocenters. The molecule has 1 aliphatic rings. The largest absolute Gasteiger partial charge is 0.420 e. The van der Waals surface area contributed by atoms with Crippen LogP contribution in [0.1, 0.15) is 30.0 Å². The minimum Gasteiger partial charge on any atom is -0.408 e. The van der Waals surface area contributed by atoms with E-state index < -0.39 is 5.76 Å². The molecule has 0 spiro atoms. The molecule has 152 valence electrons. The number of amides is 1. The molecule has 6 nitrogen and oxygen atoms in total. The van der Waals surface area contributed by atoms with Gasteiger partial charge in [0.25, 0.3) is 0 Å². The van der Waals surface area contributed by atoms with Crippen molar-refractivity contribution >= 4 is 17.0 Å². The fourth-order valence-corrected chi connectivity index (χ4v) is 3.97. The zero-order valence-electron chi connectivity index (χ0n) is 16.4. The zero-order valence-corrected chi connectivity index (χ0v) is 16.4. The van der Waals surface area contributed by atoms with Crippen LogP contribution < -0.4 is 11.1 Å². The van der Waals surface area contributed by atoms with Crippen molar-refractivity contribution in [1.82, 2.24) is 14.8 Å². The molecule has 29 heavy (non-hydrogen) atoms. The van der Waals surface area contributed by atoms with Gasteiger partial charge in [0.15, 0.2) is 5.58 Å². The molecule has 1 N–H and O–H groups in total. The van der Waals surface area contributed by atoms with E-state index in [1.165, 1.54) is 10.6 Å². The molecular weight excluding hydrogens is 373 g/mol. The van der Waals surface area contributed by atoms with E-state index in [1.807, 2.05) is 25.1 Å². The summed E-state index contributed by atoms with van der Waals surface area (Å²) in [6.45, 7) is 3.80. The normalized spacial score (nSPS) is 15.7. The second kappa shape index (κ2) is 8.21. The van der Waals surface area contributed by atoms with Crippen LogP contribution in [-0.4, -0.2) is 35.0 Å². The van der Waals surface area contributed by atoms with Gasteiger partial charge in [0.05, 0.1) is 11.6 Å². The van der Waals surface area contributed by atoms with Gasteiger partial charge in [0.1, 0.15) is 12.4 Å². The third-order valence-electron chi connectivity index (χ3n) is 5.46. The standard InChI is InChI=1S/C22H24FN3O3/c1-15-8-9-20-18(12-15)26(22(28)29-20)14-21(27)24-13-19(25-10-4-5-11-25)16-6-2-3-7-17(16)23/h2-3,6-9,12,19H,4-5,10-11,13-14H2,1H3,(H,24,27)/t19-/m0/s1. The number of nitrogens with one attached hydrogen (secondary N) is 1. The molecule has 2 aromatic carbocycles. The first kappa shape index (κ1) is 19.4. The molecule has 0 saturated carbocycles. The number of oxazole rings is 1. The van der Waals surface area contributed by atoms with Gasteiger partial charge in [0, 0.05) is 12.1 Å². The molecule has 1 aromatic heterocycles. The van der Waals surface area contributed by atoms with Gasteiger partial charge in [-0.15, -0.1) is 0 Å². The molecule has 0 unspecified atom stereocenters. The van der Waals surface area contributed by atoms with E-state index in [4.69, 9.17) is 4.42 Å². The van der Waals surface area contributed by atoms with E-state index >= 15 is 0 Å². The molecule has 1 saturated heterocycles. The van der Waals surface area contributed by atoms with E-state index in [2.05, 4.69) is 10.2 Å². The Labute approximate surface area is 167 Å². The van der Waals surface area contributed by atoms with Gasteiger partial charge >= 0.3 is 5.76 Å². The van der Waals surface area contributed by atoms with Crippen molar-refractivity contribution in [3.05, 3.63) is 70.0 Å². The molecule has 0 aliphatic carbocycles. The number of hydrogen-bond acceptors (Lipinski definition) is 4. The number of aromatic nitrogens is 1. The van der Waals surface area contributed by atoms with Gasteiger partial charge in [-0.25, -0.2) is 9.18 Å². The zero-order chi connectivity index (χ0) is 20.4. The molecule has 0 radical (unpaired) electrons. The topological polar surface area (TPSA) is 67.5 Å². The lowest BCUT2D eigenvalue weighted by atomic mass is 10.0. The van der Waals surface area contributed by atoms with Gasteiger partial charge in [-0.2, -0.15) is 0 Å². The van der Waals surface area contributed by atoms with Crippen molar-refractivity contribution in [1.29, 1.82) is 0 Å². The predicted molar refractivity (Wildman–Crippen MR) is 108 cm³/mol. The van der Waals surface area contributed by atoms with Crippen molar-refractivity contribution in [2.45, 2.75) is 32.4 Å². The molecule has 0 bridgehead atoms. The van der Waals surface area contributed by atoms with Crippen LogP contribution in [0.2, 0.25) is 0 Å². The molecular formula is C22H24FN3O3. The number of fused-ring (bicyclic) bond motifs is 1. The SMILES string of the molecule is Cc1ccc2oc(=O)n(CC(=O)NC[C@@H](c3ccccc3F)N3CCCC3)c2c1. The summed E-state index contributed by atoms with van der Waals surface area (Å²) in [6, 6.07) is 11.8. The Morgan fingerprint density at radius 3 is 2.72 bits per heavy atom. The first-order chi connectivity index (χ1) is 14.0. The fraction of sp³-hybridized carbons (Fsp3) is 0.364. The third kappa shape index (κ3) is 4.10. The Bertz CT molecular complexity index is 1080. The predicted octanol–water partition coefficient (Wildman–Crippen LogP) is 3.00. The van der Waals surface area contributed by atoms with Crippen LogP contribution >= 0.6 is 0 Å². The summed E-state index contributed by atoms with van der Waals surface area (Å²) in [5.74, 6) is -1.14. The fourth-order valence-electron chi connectivity index (χ4n) is 3.97. The van der Waals surface area contributed by atoms with Crippen molar-refractivity contribution < 1.29 is 13.6 Å². The highest BCUT2D eigenvalue weighted by Crippen LogP contribution is 2.26.